The van der Waals surface area contributed by atoms with Gasteiger partial charge in [0.2, 0.25) is 0 Å². The third-order valence-electron chi connectivity index (χ3n) is 5.14. The van der Waals surface area contributed by atoms with Crippen LogP contribution in [-0.4, -0.2) is 36.1 Å². The maximum atomic E-state index is 13.3. The molecule has 2 heterocycles. The highest BCUT2D eigenvalue weighted by Crippen LogP contribution is 2.30. The second-order valence-corrected chi connectivity index (χ2v) is 6.61. The third-order valence-corrected chi connectivity index (χ3v) is 5.14. The number of hydrogen-bond donors (Lipinski definition) is 1. The summed E-state index contributed by atoms with van der Waals surface area (Å²) in [7, 11) is 2.24. The number of nitrogens with one attached hydrogen (secondary N) is 1. The zero-order valence-corrected chi connectivity index (χ0v) is 12.5. The van der Waals surface area contributed by atoms with Crippen LogP contribution in [0.1, 0.15) is 38.2 Å². The predicted octanol–water partition coefficient (Wildman–Crippen LogP) is 2.97. The van der Waals surface area contributed by atoms with Crippen LogP contribution in [0.3, 0.4) is 0 Å². The summed E-state index contributed by atoms with van der Waals surface area (Å²) in [6.45, 7) is 2.26. The van der Waals surface area contributed by atoms with Gasteiger partial charge < -0.3 is 10.2 Å². The fourth-order valence-corrected chi connectivity index (χ4v) is 3.87. The molecule has 0 saturated carbocycles. The Hall–Kier alpha value is -0.930. The van der Waals surface area contributed by atoms with E-state index in [9.17, 15) is 4.39 Å². The van der Waals surface area contributed by atoms with Gasteiger partial charge in [-0.3, -0.25) is 0 Å². The Kier molecular flexibility index (Phi) is 4.08. The molecule has 3 atom stereocenters. The van der Waals surface area contributed by atoms with Crippen LogP contribution >= 0.6 is 0 Å². The van der Waals surface area contributed by atoms with Crippen LogP contribution in [-0.2, 0) is 6.42 Å². The first-order chi connectivity index (χ1) is 9.61. The summed E-state index contributed by atoms with van der Waals surface area (Å²) in [5, 5.41) is 3.69. The van der Waals surface area contributed by atoms with Crippen molar-refractivity contribution in [3.63, 3.8) is 0 Å². The van der Waals surface area contributed by atoms with Gasteiger partial charge in [0.05, 0.1) is 0 Å². The molecule has 0 aromatic heterocycles. The van der Waals surface area contributed by atoms with Gasteiger partial charge in [-0.05, 0) is 63.8 Å². The first-order valence-electron chi connectivity index (χ1n) is 7.84. The highest BCUT2D eigenvalue weighted by atomic mass is 19.1. The summed E-state index contributed by atoms with van der Waals surface area (Å²) in [4.78, 5) is 2.51. The molecule has 1 N–H and O–H groups in total. The van der Waals surface area contributed by atoms with Gasteiger partial charge in [-0.15, -0.1) is 0 Å². The van der Waals surface area contributed by atoms with Gasteiger partial charge in [-0.1, -0.05) is 12.1 Å². The van der Waals surface area contributed by atoms with Gasteiger partial charge in [0.25, 0.3) is 0 Å². The molecule has 3 rings (SSSR count). The first-order valence-corrected chi connectivity index (χ1v) is 7.84. The summed E-state index contributed by atoms with van der Waals surface area (Å²) < 4.78 is 13.3. The fraction of sp³-hybridized carbons (Fsp3) is 0.647. The lowest BCUT2D eigenvalue weighted by molar-refractivity contribution is 0.132. The summed E-state index contributed by atoms with van der Waals surface area (Å²) in [6.07, 6.45) is 6.13. The molecular formula is C17H25FN2. The van der Waals surface area contributed by atoms with Gasteiger partial charge in [-0.2, -0.15) is 0 Å². The normalized spacial score (nSPS) is 30.7. The highest BCUT2D eigenvalue weighted by molar-refractivity contribution is 5.17. The molecule has 2 fully saturated rings. The average Bonchev–Trinajstić information content (AvgIpc) is 2.76. The summed E-state index contributed by atoms with van der Waals surface area (Å²) >= 11 is 0. The van der Waals surface area contributed by atoms with E-state index in [1.54, 1.807) is 6.07 Å². The Morgan fingerprint density at radius 1 is 1.30 bits per heavy atom. The summed E-state index contributed by atoms with van der Waals surface area (Å²) in [5.74, 6) is -0.128. The monoisotopic (exact) mass is 276 g/mol. The van der Waals surface area contributed by atoms with E-state index in [2.05, 4.69) is 24.2 Å². The molecule has 1 aromatic carbocycles. The van der Waals surface area contributed by atoms with Crippen LogP contribution < -0.4 is 5.32 Å². The van der Waals surface area contributed by atoms with Gasteiger partial charge in [0, 0.05) is 24.2 Å². The zero-order chi connectivity index (χ0) is 14.1. The summed E-state index contributed by atoms with van der Waals surface area (Å²) in [5.41, 5.74) is 1.10. The smallest absolute Gasteiger partial charge is 0.123 e. The van der Waals surface area contributed by atoms with Crippen molar-refractivity contribution in [1.29, 1.82) is 0 Å². The number of nitrogens with zero attached hydrogens (tertiary/aromatic N) is 1. The Morgan fingerprint density at radius 2 is 2.00 bits per heavy atom. The molecule has 0 amide bonds. The number of piperidine rings is 1. The average molecular weight is 276 g/mol. The van der Waals surface area contributed by atoms with E-state index < -0.39 is 0 Å². The van der Waals surface area contributed by atoms with E-state index in [0.29, 0.717) is 12.1 Å². The second kappa shape index (κ2) is 5.82. The first kappa shape index (κ1) is 14.0. The van der Waals surface area contributed by atoms with E-state index in [0.717, 1.165) is 24.1 Å². The predicted molar refractivity (Wildman–Crippen MR) is 80.3 cm³/mol. The van der Waals surface area contributed by atoms with Crippen molar-refractivity contribution in [2.24, 2.45) is 0 Å². The number of likely N-dealkylation sites (N-methyl/N-ethyl adjacent to an activating group) is 1. The molecule has 2 aliphatic heterocycles. The van der Waals surface area contributed by atoms with E-state index in [1.807, 2.05) is 12.1 Å². The minimum atomic E-state index is -0.128. The maximum absolute atomic E-state index is 13.3. The summed E-state index contributed by atoms with van der Waals surface area (Å²) in [6, 6.07) is 9.60. The minimum absolute atomic E-state index is 0.128. The molecule has 3 unspecified atom stereocenters. The lowest BCUT2D eigenvalue weighted by atomic mass is 9.96. The van der Waals surface area contributed by atoms with Crippen molar-refractivity contribution in [1.82, 2.24) is 10.2 Å². The molecule has 2 bridgehead atoms. The molecule has 2 nitrogen and oxygen atoms in total. The minimum Gasteiger partial charge on any atom is -0.311 e. The molecule has 2 aliphatic rings. The largest absolute Gasteiger partial charge is 0.311 e. The molecule has 0 radical (unpaired) electrons. The number of fused-ring (bicyclic) bond motifs is 2. The molecule has 1 aromatic rings. The molecule has 110 valence electrons. The van der Waals surface area contributed by atoms with Crippen molar-refractivity contribution in [2.45, 2.75) is 63.2 Å². The third kappa shape index (κ3) is 3.04. The topological polar surface area (TPSA) is 15.3 Å². The Balaban J connectivity index is 1.60. The Morgan fingerprint density at radius 3 is 2.65 bits per heavy atom. The molecule has 20 heavy (non-hydrogen) atoms. The molecule has 3 heteroatoms. The zero-order valence-electron chi connectivity index (χ0n) is 12.5. The Labute approximate surface area is 121 Å². The van der Waals surface area contributed by atoms with Crippen LogP contribution in [0.2, 0.25) is 0 Å². The van der Waals surface area contributed by atoms with E-state index in [4.69, 9.17) is 0 Å². The van der Waals surface area contributed by atoms with Crippen molar-refractivity contribution in [3.05, 3.63) is 35.6 Å². The standard InChI is InChI=1S/C17H25FN2/c1-12(8-13-4-3-5-14(18)9-13)20(2)17-10-15-6-7-16(11-17)19-15/h3-5,9,12,15-17,19H,6-8,10-11H2,1-2H3. The molecule has 2 saturated heterocycles. The lowest BCUT2D eigenvalue weighted by Crippen LogP contribution is -2.49. The van der Waals surface area contributed by atoms with Crippen molar-refractivity contribution in [3.8, 4) is 0 Å². The van der Waals surface area contributed by atoms with Gasteiger partial charge in [0.15, 0.2) is 0 Å². The van der Waals surface area contributed by atoms with Gasteiger partial charge >= 0.3 is 0 Å². The van der Waals surface area contributed by atoms with E-state index >= 15 is 0 Å². The van der Waals surface area contributed by atoms with Crippen LogP contribution in [0, 0.1) is 5.82 Å². The Bertz CT molecular complexity index is 450. The maximum Gasteiger partial charge on any atom is 0.123 e. The number of hydrogen-bond acceptors (Lipinski definition) is 2. The highest BCUT2D eigenvalue weighted by Gasteiger charge is 2.35. The lowest BCUT2D eigenvalue weighted by Gasteiger charge is -2.39. The van der Waals surface area contributed by atoms with E-state index in [-0.39, 0.29) is 5.82 Å². The molecular weight excluding hydrogens is 251 g/mol. The quantitative estimate of drug-likeness (QED) is 0.909. The van der Waals surface area contributed by atoms with Crippen LogP contribution in [0.15, 0.2) is 24.3 Å². The van der Waals surface area contributed by atoms with E-state index in [1.165, 1.54) is 31.7 Å². The van der Waals surface area contributed by atoms with Crippen LogP contribution in [0.4, 0.5) is 4.39 Å². The van der Waals surface area contributed by atoms with Gasteiger partial charge in [0.1, 0.15) is 5.82 Å². The fourth-order valence-electron chi connectivity index (χ4n) is 3.87. The van der Waals surface area contributed by atoms with Crippen molar-refractivity contribution >= 4 is 0 Å². The van der Waals surface area contributed by atoms with Crippen molar-refractivity contribution in [2.75, 3.05) is 7.05 Å². The van der Waals surface area contributed by atoms with Crippen molar-refractivity contribution < 1.29 is 4.39 Å². The van der Waals surface area contributed by atoms with Crippen LogP contribution in [0.5, 0.6) is 0 Å². The number of rotatable bonds is 4. The SMILES string of the molecule is CC(Cc1cccc(F)c1)N(C)C1CC2CCC(C1)N2. The van der Waals surface area contributed by atoms with Crippen LogP contribution in [0.25, 0.3) is 0 Å². The van der Waals surface area contributed by atoms with Gasteiger partial charge in [-0.25, -0.2) is 4.39 Å². The number of benzene rings is 1. The molecule has 0 spiro atoms. The molecule has 0 aliphatic carbocycles. The second-order valence-electron chi connectivity index (χ2n) is 6.61. The number of halogens is 1.